The highest BCUT2D eigenvalue weighted by Gasteiger charge is 2.26. The predicted molar refractivity (Wildman–Crippen MR) is 73.0 cm³/mol. The molecule has 10 heteroatoms. The summed E-state index contributed by atoms with van der Waals surface area (Å²) in [5.74, 6) is -0.461. The second-order valence-electron chi connectivity index (χ2n) is 5.47. The van der Waals surface area contributed by atoms with Gasteiger partial charge >= 0.3 is 16.2 Å². The van der Waals surface area contributed by atoms with Crippen molar-refractivity contribution in [3.8, 4) is 0 Å². The van der Waals surface area contributed by atoms with Crippen molar-refractivity contribution in [2.75, 3.05) is 34.8 Å². The highest BCUT2D eigenvalue weighted by molar-refractivity contribution is 7.87. The molecule has 1 atom stereocenters. The van der Waals surface area contributed by atoms with E-state index >= 15 is 0 Å². The van der Waals surface area contributed by atoms with E-state index in [1.807, 2.05) is 21.1 Å². The summed E-state index contributed by atoms with van der Waals surface area (Å²) in [6, 6.07) is -0.560. The van der Waals surface area contributed by atoms with E-state index < -0.39 is 22.2 Å². The minimum absolute atomic E-state index is 0. The maximum Gasteiger partial charge on any atom is 0.307 e. The Labute approximate surface area is 131 Å². The number of rotatable bonds is 7. The highest BCUT2D eigenvalue weighted by Crippen LogP contribution is 2.04. The Kier molecular flexibility index (Phi) is 7.31. The summed E-state index contributed by atoms with van der Waals surface area (Å²) >= 11 is 0. The number of esters is 1. The number of hydrogen-bond donors (Lipinski definition) is 1. The van der Waals surface area contributed by atoms with Crippen LogP contribution in [0.25, 0.3) is 0 Å². The van der Waals surface area contributed by atoms with Crippen molar-refractivity contribution < 1.29 is 34.8 Å². The molecule has 1 aromatic heterocycles. The summed E-state index contributed by atoms with van der Waals surface area (Å²) in [5, 5.41) is 0. The molecular weight excluding hydrogens is 320 g/mol. The number of ether oxygens (including phenoxy) is 1. The lowest BCUT2D eigenvalue weighted by Gasteiger charge is -2.29. The second-order valence-corrected chi connectivity index (χ2v) is 7.07. The molecule has 0 fully saturated rings. The van der Waals surface area contributed by atoms with Crippen LogP contribution >= 0.6 is 0 Å². The van der Waals surface area contributed by atoms with E-state index in [-0.39, 0.29) is 18.8 Å². The number of hydrogen-bond acceptors (Lipinski definition) is 5. The quantitative estimate of drug-likeness (QED) is 0.406. The van der Waals surface area contributed by atoms with E-state index in [0.717, 1.165) is 3.97 Å². The monoisotopic (exact) mass is 340 g/mol. The molecule has 0 aliphatic carbocycles. The van der Waals surface area contributed by atoms with Crippen LogP contribution in [0.4, 0.5) is 0 Å². The topological polar surface area (TPSA) is 90.3 Å². The number of likely N-dealkylation sites (N-methyl/N-ethyl adjacent to an activating group) is 1. The zero-order valence-corrected chi connectivity index (χ0v) is 14.1. The van der Waals surface area contributed by atoms with Crippen LogP contribution in [-0.4, -0.2) is 68.7 Å². The summed E-state index contributed by atoms with van der Waals surface area (Å²) in [6.45, 7) is 0.447. The van der Waals surface area contributed by atoms with Gasteiger partial charge in [0.2, 0.25) is 0 Å². The fourth-order valence-electron chi connectivity index (χ4n) is 1.75. The van der Waals surface area contributed by atoms with E-state index in [9.17, 15) is 13.2 Å². The van der Waals surface area contributed by atoms with E-state index in [1.165, 1.54) is 25.8 Å². The third-order valence-corrected chi connectivity index (χ3v) is 3.88. The van der Waals surface area contributed by atoms with Crippen LogP contribution < -0.4 is 17.1 Å². The molecule has 21 heavy (non-hydrogen) atoms. The van der Waals surface area contributed by atoms with Crippen LogP contribution in [0.3, 0.4) is 0 Å². The Balaban J connectivity index is 0.00000400. The zero-order valence-electron chi connectivity index (χ0n) is 12.5. The number of aromatic nitrogens is 2. The van der Waals surface area contributed by atoms with Crippen molar-refractivity contribution >= 4 is 16.2 Å². The normalized spacial score (nSPS) is 13.3. The molecule has 1 heterocycles. The minimum Gasteiger partial charge on any atom is -1.00 e. The SMILES string of the molecule is COC(=O)CC(C[N+](C)(C)C)NS(=O)(=O)n1ccnc1.[Cl-]. The molecule has 8 nitrogen and oxygen atoms in total. The Morgan fingerprint density at radius 3 is 2.48 bits per heavy atom. The lowest BCUT2D eigenvalue weighted by molar-refractivity contribution is -0.871. The number of methoxy groups -OCH3 is 1. The molecule has 0 radical (unpaired) electrons. The van der Waals surface area contributed by atoms with E-state index in [0.29, 0.717) is 11.0 Å². The molecule has 0 spiro atoms. The van der Waals surface area contributed by atoms with Gasteiger partial charge in [-0.2, -0.15) is 13.1 Å². The van der Waals surface area contributed by atoms with Gasteiger partial charge in [0.1, 0.15) is 6.33 Å². The van der Waals surface area contributed by atoms with Crippen molar-refractivity contribution in [1.29, 1.82) is 0 Å². The molecule has 1 aromatic rings. The fourth-order valence-corrected chi connectivity index (χ4v) is 2.84. The van der Waals surface area contributed by atoms with Crippen molar-refractivity contribution in [2.24, 2.45) is 0 Å². The van der Waals surface area contributed by atoms with Crippen molar-refractivity contribution in [2.45, 2.75) is 12.5 Å². The Morgan fingerprint density at radius 2 is 2.05 bits per heavy atom. The average molecular weight is 341 g/mol. The van der Waals surface area contributed by atoms with Gasteiger partial charge in [-0.05, 0) is 0 Å². The molecule has 122 valence electrons. The summed E-state index contributed by atoms with van der Waals surface area (Å²) in [7, 11) is 3.26. The third-order valence-electron chi connectivity index (χ3n) is 2.48. The van der Waals surface area contributed by atoms with Crippen LogP contribution in [-0.2, 0) is 19.7 Å². The standard InChI is InChI=1S/C11H21N4O4S.ClH/c1-15(2,3)8-10(7-11(16)19-4)13-20(17,18)14-6-5-12-9-14;/h5-6,9-10,13H,7-8H2,1-4H3;1H/q+1;/p-1. The molecule has 0 amide bonds. The van der Waals surface area contributed by atoms with Gasteiger partial charge in [-0.25, -0.2) is 8.96 Å². The number of nitrogens with zero attached hydrogens (tertiary/aromatic N) is 3. The summed E-state index contributed by atoms with van der Waals surface area (Å²) in [6.07, 6.45) is 3.85. The second kappa shape index (κ2) is 7.74. The van der Waals surface area contributed by atoms with Gasteiger partial charge in [0.15, 0.2) is 0 Å². The lowest BCUT2D eigenvalue weighted by atomic mass is 10.2. The highest BCUT2D eigenvalue weighted by atomic mass is 35.5. The Hall–Kier alpha value is -1.16. The summed E-state index contributed by atoms with van der Waals surface area (Å²) in [5.41, 5.74) is 0. The number of halogens is 1. The van der Waals surface area contributed by atoms with Gasteiger partial charge in [0.05, 0.1) is 47.3 Å². The van der Waals surface area contributed by atoms with Crippen LogP contribution in [0.15, 0.2) is 18.7 Å². The molecule has 1 N–H and O–H groups in total. The van der Waals surface area contributed by atoms with Crippen LogP contribution in [0.5, 0.6) is 0 Å². The minimum atomic E-state index is -3.76. The maximum atomic E-state index is 12.1. The molecular formula is C11H21ClN4O4S. The molecule has 0 saturated heterocycles. The molecule has 1 unspecified atom stereocenters. The Morgan fingerprint density at radius 1 is 1.43 bits per heavy atom. The molecule has 0 aliphatic rings. The first kappa shape index (κ1) is 19.8. The number of nitrogens with one attached hydrogen (secondary N) is 1. The van der Waals surface area contributed by atoms with Crippen molar-refractivity contribution in [3.05, 3.63) is 18.7 Å². The first-order valence-electron chi connectivity index (χ1n) is 6.02. The predicted octanol–water partition coefficient (Wildman–Crippen LogP) is -3.79. The summed E-state index contributed by atoms with van der Waals surface area (Å²) in [4.78, 5) is 15.1. The van der Waals surface area contributed by atoms with Gasteiger partial charge in [-0.15, -0.1) is 0 Å². The number of imidazole rings is 1. The smallest absolute Gasteiger partial charge is 0.307 e. The number of carbonyl (C=O) groups is 1. The fraction of sp³-hybridized carbons (Fsp3) is 0.636. The van der Waals surface area contributed by atoms with Crippen LogP contribution in [0, 0.1) is 0 Å². The van der Waals surface area contributed by atoms with E-state index in [1.54, 1.807) is 0 Å². The van der Waals surface area contributed by atoms with Gasteiger partial charge in [-0.3, -0.25) is 4.79 Å². The van der Waals surface area contributed by atoms with Gasteiger partial charge < -0.3 is 21.6 Å². The average Bonchev–Trinajstić information content (AvgIpc) is 2.79. The van der Waals surface area contributed by atoms with E-state index in [4.69, 9.17) is 0 Å². The third kappa shape index (κ3) is 6.89. The van der Waals surface area contributed by atoms with Gasteiger partial charge in [0.25, 0.3) is 0 Å². The molecule has 0 bridgehead atoms. The first-order valence-corrected chi connectivity index (χ1v) is 7.46. The van der Waals surface area contributed by atoms with Crippen LogP contribution in [0.1, 0.15) is 6.42 Å². The lowest BCUT2D eigenvalue weighted by Crippen LogP contribution is -3.00. The molecule has 0 saturated carbocycles. The van der Waals surface area contributed by atoms with Crippen LogP contribution in [0.2, 0.25) is 0 Å². The first-order chi connectivity index (χ1) is 9.14. The maximum absolute atomic E-state index is 12.1. The van der Waals surface area contributed by atoms with Gasteiger partial charge in [0, 0.05) is 12.4 Å². The van der Waals surface area contributed by atoms with E-state index in [2.05, 4.69) is 14.4 Å². The number of carbonyl (C=O) groups excluding carboxylic acids is 1. The largest absolute Gasteiger partial charge is 1.00 e. The molecule has 0 aliphatic heterocycles. The molecule has 1 rings (SSSR count). The Bertz CT molecular complexity index is 539. The van der Waals surface area contributed by atoms with Gasteiger partial charge in [-0.1, -0.05) is 0 Å². The van der Waals surface area contributed by atoms with Crippen molar-refractivity contribution in [1.82, 2.24) is 13.7 Å². The van der Waals surface area contributed by atoms with Crippen molar-refractivity contribution in [3.63, 3.8) is 0 Å². The number of quaternary nitrogens is 1. The summed E-state index contributed by atoms with van der Waals surface area (Å²) < 4.78 is 32.8. The molecule has 0 aromatic carbocycles. The zero-order chi connectivity index (χ0) is 15.4.